The lowest BCUT2D eigenvalue weighted by Crippen LogP contribution is -2.10. The minimum Gasteiger partial charge on any atom is -0.381 e. The molecule has 0 radical (unpaired) electrons. The van der Waals surface area contributed by atoms with Crippen molar-refractivity contribution >= 4 is 5.70 Å². The van der Waals surface area contributed by atoms with Crippen LogP contribution in [0.15, 0.2) is 48.1 Å². The number of allylic oxidation sites excluding steroid dienone is 2. The van der Waals surface area contributed by atoms with Crippen LogP contribution in [0, 0.1) is 0 Å². The van der Waals surface area contributed by atoms with Gasteiger partial charge in [0.2, 0.25) is 0 Å². The molecule has 0 fully saturated rings. The smallest absolute Gasteiger partial charge is 0.0378 e. The Morgan fingerprint density at radius 3 is 2.64 bits per heavy atom. The van der Waals surface area contributed by atoms with Gasteiger partial charge in [-0.25, -0.2) is 0 Å². The lowest BCUT2D eigenvalue weighted by molar-refractivity contribution is 1.01. The number of hydrogen-bond donors (Lipinski definition) is 1. The van der Waals surface area contributed by atoms with Crippen molar-refractivity contribution in [3.8, 4) is 0 Å². The van der Waals surface area contributed by atoms with Crippen LogP contribution in [0.25, 0.3) is 5.70 Å². The maximum Gasteiger partial charge on any atom is 0.0378 e. The molecule has 0 saturated heterocycles. The topological polar surface area (TPSA) is 12.0 Å². The highest BCUT2D eigenvalue weighted by Crippen LogP contribution is 2.15. The minimum absolute atomic E-state index is 0.937. The van der Waals surface area contributed by atoms with E-state index < -0.39 is 0 Å². The molecule has 2 rings (SSSR count). The quantitative estimate of drug-likeness (QED) is 0.663. The zero-order valence-electron chi connectivity index (χ0n) is 8.46. The summed E-state index contributed by atoms with van der Waals surface area (Å²) in [5.74, 6) is 0. The average molecular weight is 185 g/mol. The molecule has 1 heterocycles. The van der Waals surface area contributed by atoms with E-state index in [1.54, 1.807) is 0 Å². The normalized spacial score (nSPS) is 16.4. The fourth-order valence-corrected chi connectivity index (χ4v) is 1.59. The second-order valence-electron chi connectivity index (χ2n) is 3.62. The van der Waals surface area contributed by atoms with E-state index in [0.29, 0.717) is 0 Å². The third kappa shape index (κ3) is 2.05. The molecule has 0 spiro atoms. The van der Waals surface area contributed by atoms with Gasteiger partial charge in [0.25, 0.3) is 0 Å². The SMILES string of the molecule is CC1=CCNC(c2ccccc2)=CC1. The second kappa shape index (κ2) is 4.14. The van der Waals surface area contributed by atoms with Gasteiger partial charge < -0.3 is 5.32 Å². The van der Waals surface area contributed by atoms with Crippen molar-refractivity contribution in [1.82, 2.24) is 5.32 Å². The van der Waals surface area contributed by atoms with E-state index in [0.717, 1.165) is 13.0 Å². The molecule has 72 valence electrons. The zero-order chi connectivity index (χ0) is 9.80. The second-order valence-corrected chi connectivity index (χ2v) is 3.62. The van der Waals surface area contributed by atoms with Crippen LogP contribution in [0.3, 0.4) is 0 Å². The largest absolute Gasteiger partial charge is 0.381 e. The summed E-state index contributed by atoms with van der Waals surface area (Å²) in [4.78, 5) is 0. The van der Waals surface area contributed by atoms with E-state index in [1.165, 1.54) is 16.8 Å². The summed E-state index contributed by atoms with van der Waals surface area (Å²) in [5, 5.41) is 3.41. The van der Waals surface area contributed by atoms with Gasteiger partial charge in [0.1, 0.15) is 0 Å². The van der Waals surface area contributed by atoms with Crippen LogP contribution in [0.4, 0.5) is 0 Å². The molecule has 0 saturated carbocycles. The van der Waals surface area contributed by atoms with E-state index in [2.05, 4.69) is 48.7 Å². The molecule has 0 bridgehead atoms. The molecule has 0 aromatic heterocycles. The molecule has 1 heteroatoms. The monoisotopic (exact) mass is 185 g/mol. The van der Waals surface area contributed by atoms with Crippen molar-refractivity contribution in [3.63, 3.8) is 0 Å². The number of hydrogen-bond acceptors (Lipinski definition) is 1. The Labute approximate surface area is 85.2 Å². The van der Waals surface area contributed by atoms with Crippen molar-refractivity contribution in [1.29, 1.82) is 0 Å². The summed E-state index contributed by atoms with van der Waals surface area (Å²) >= 11 is 0. The Bertz CT molecular complexity index is 360. The lowest BCUT2D eigenvalue weighted by atomic mass is 10.1. The highest BCUT2D eigenvalue weighted by Gasteiger charge is 2.02. The van der Waals surface area contributed by atoms with Gasteiger partial charge in [0.15, 0.2) is 0 Å². The first-order valence-electron chi connectivity index (χ1n) is 5.01. The van der Waals surface area contributed by atoms with Crippen molar-refractivity contribution in [2.24, 2.45) is 0 Å². The predicted octanol–water partition coefficient (Wildman–Crippen LogP) is 2.97. The van der Waals surface area contributed by atoms with E-state index in [4.69, 9.17) is 0 Å². The molecular formula is C13H15N. The third-order valence-electron chi connectivity index (χ3n) is 2.46. The minimum atomic E-state index is 0.937. The summed E-state index contributed by atoms with van der Waals surface area (Å²) in [6.45, 7) is 3.11. The molecule has 14 heavy (non-hydrogen) atoms. The van der Waals surface area contributed by atoms with Gasteiger partial charge >= 0.3 is 0 Å². The van der Waals surface area contributed by atoms with Crippen LogP contribution in [0.2, 0.25) is 0 Å². The molecule has 1 nitrogen and oxygen atoms in total. The molecule has 1 aliphatic heterocycles. The zero-order valence-corrected chi connectivity index (χ0v) is 8.46. The molecule has 1 N–H and O–H groups in total. The van der Waals surface area contributed by atoms with Gasteiger partial charge in [-0.2, -0.15) is 0 Å². The Kier molecular flexibility index (Phi) is 2.68. The van der Waals surface area contributed by atoms with Crippen LogP contribution in [-0.2, 0) is 0 Å². The fraction of sp³-hybridized carbons (Fsp3) is 0.231. The number of nitrogens with one attached hydrogen (secondary N) is 1. The maximum absolute atomic E-state index is 3.41. The third-order valence-corrected chi connectivity index (χ3v) is 2.46. The van der Waals surface area contributed by atoms with E-state index in [1.807, 2.05) is 6.07 Å². The van der Waals surface area contributed by atoms with E-state index >= 15 is 0 Å². The fourth-order valence-electron chi connectivity index (χ4n) is 1.59. The van der Waals surface area contributed by atoms with E-state index in [-0.39, 0.29) is 0 Å². The first-order valence-corrected chi connectivity index (χ1v) is 5.01. The number of rotatable bonds is 1. The van der Waals surface area contributed by atoms with Gasteiger partial charge in [-0.1, -0.05) is 48.1 Å². The Hall–Kier alpha value is -1.50. The lowest BCUT2D eigenvalue weighted by Gasteiger charge is -2.07. The van der Waals surface area contributed by atoms with Crippen LogP contribution >= 0.6 is 0 Å². The Morgan fingerprint density at radius 2 is 1.86 bits per heavy atom. The van der Waals surface area contributed by atoms with Crippen LogP contribution < -0.4 is 5.32 Å². The average Bonchev–Trinajstić information content (AvgIpc) is 2.44. The molecule has 0 unspecified atom stereocenters. The Morgan fingerprint density at radius 1 is 1.07 bits per heavy atom. The summed E-state index contributed by atoms with van der Waals surface area (Å²) < 4.78 is 0. The highest BCUT2D eigenvalue weighted by atomic mass is 14.9. The van der Waals surface area contributed by atoms with E-state index in [9.17, 15) is 0 Å². The van der Waals surface area contributed by atoms with Gasteiger partial charge in [-0.15, -0.1) is 0 Å². The van der Waals surface area contributed by atoms with Gasteiger partial charge in [-0.05, 0) is 18.9 Å². The van der Waals surface area contributed by atoms with Gasteiger partial charge in [0, 0.05) is 12.2 Å². The summed E-state index contributed by atoms with van der Waals surface area (Å²) in [7, 11) is 0. The number of benzene rings is 1. The Balaban J connectivity index is 2.21. The predicted molar refractivity (Wildman–Crippen MR) is 60.8 cm³/mol. The first kappa shape index (κ1) is 9.07. The molecular weight excluding hydrogens is 170 g/mol. The summed E-state index contributed by atoms with van der Waals surface area (Å²) in [6.07, 6.45) is 5.55. The van der Waals surface area contributed by atoms with Gasteiger partial charge in [-0.3, -0.25) is 0 Å². The van der Waals surface area contributed by atoms with Crippen LogP contribution in [0.5, 0.6) is 0 Å². The molecule has 0 atom stereocenters. The molecule has 0 aliphatic carbocycles. The van der Waals surface area contributed by atoms with Crippen molar-refractivity contribution in [3.05, 3.63) is 53.6 Å². The van der Waals surface area contributed by atoms with Crippen molar-refractivity contribution in [2.45, 2.75) is 13.3 Å². The van der Waals surface area contributed by atoms with Crippen LogP contribution in [0.1, 0.15) is 18.9 Å². The summed E-state index contributed by atoms with van der Waals surface area (Å²) in [5.41, 5.74) is 3.96. The maximum atomic E-state index is 3.41. The molecule has 1 aromatic rings. The molecule has 0 amide bonds. The first-order chi connectivity index (χ1) is 6.86. The van der Waals surface area contributed by atoms with Crippen LogP contribution in [-0.4, -0.2) is 6.54 Å². The van der Waals surface area contributed by atoms with Gasteiger partial charge in [0.05, 0.1) is 0 Å². The highest BCUT2D eigenvalue weighted by molar-refractivity contribution is 5.64. The van der Waals surface area contributed by atoms with Crippen molar-refractivity contribution in [2.75, 3.05) is 6.54 Å². The summed E-state index contributed by atoms with van der Waals surface area (Å²) in [6, 6.07) is 10.5. The standard InChI is InChI=1S/C13H15N/c1-11-7-8-13(14-10-9-11)12-5-3-2-4-6-12/h2-6,8-9,14H,7,10H2,1H3. The molecule has 1 aromatic carbocycles. The molecule has 1 aliphatic rings. The van der Waals surface area contributed by atoms with Crippen molar-refractivity contribution < 1.29 is 0 Å².